The van der Waals surface area contributed by atoms with Crippen molar-refractivity contribution in [1.82, 2.24) is 0 Å². The number of methoxy groups -OCH3 is 1. The first kappa shape index (κ1) is 15.9. The summed E-state index contributed by atoms with van der Waals surface area (Å²) in [6, 6.07) is 15.8. The number of hydrogen-bond donors (Lipinski definition) is 0. The molecule has 0 amide bonds. The molecular weight excluding hydrogens is 383 g/mol. The minimum absolute atomic E-state index is 0.303. The van der Waals surface area contributed by atoms with Crippen molar-refractivity contribution in [3.05, 3.63) is 66.8 Å². The van der Waals surface area contributed by atoms with Crippen LogP contribution in [0.2, 0.25) is 0 Å². The van der Waals surface area contributed by atoms with Gasteiger partial charge in [0.2, 0.25) is 0 Å². The summed E-state index contributed by atoms with van der Waals surface area (Å²) in [4.78, 5) is 21.1. The Bertz CT molecular complexity index is 613. The lowest BCUT2D eigenvalue weighted by molar-refractivity contribution is -0.597. The smallest absolute Gasteiger partial charge is 0.357 e. The lowest BCUT2D eigenvalue weighted by atomic mass is 10.2. The predicted molar refractivity (Wildman–Crippen MR) is 73.4 cm³/mol. The number of esters is 1. The molecule has 0 aliphatic rings. The van der Waals surface area contributed by atoms with E-state index in [0.717, 1.165) is 5.56 Å². The molecule has 21 heavy (non-hydrogen) atoms. The van der Waals surface area contributed by atoms with E-state index in [-0.39, 0.29) is 27.2 Å². The van der Waals surface area contributed by atoms with Gasteiger partial charge in [0, 0.05) is 6.07 Å². The van der Waals surface area contributed by atoms with Crippen LogP contribution in [0, 0.1) is 7.14 Å². The van der Waals surface area contributed by atoms with Gasteiger partial charge in [0.15, 0.2) is 7.14 Å². The van der Waals surface area contributed by atoms with Gasteiger partial charge >= 0.3 is 27.2 Å². The first-order chi connectivity index (χ1) is 10.2. The number of ether oxygens (including phenoxy) is 1. The van der Waals surface area contributed by atoms with Gasteiger partial charge in [0.05, 0.1) is 19.8 Å². The standard InChI is InChI=1S/C16H16IO4/c1-19-16(18)13-6-4-8-15(10-13)17-14-7-3-5-12(9-14)11-21-20-2/h3-10H,11H2,1-2H3/q+1. The van der Waals surface area contributed by atoms with Crippen LogP contribution in [0.4, 0.5) is 0 Å². The molecule has 0 radical (unpaired) electrons. The van der Waals surface area contributed by atoms with Gasteiger partial charge in [-0.25, -0.2) is 14.6 Å². The number of carbonyl (C=O) groups excluding carboxylic acids is 1. The maximum Gasteiger partial charge on any atom is 0.357 e. The zero-order valence-corrected chi connectivity index (χ0v) is 14.0. The summed E-state index contributed by atoms with van der Waals surface area (Å²) < 4.78 is 7.17. The number of carbonyl (C=O) groups is 1. The van der Waals surface area contributed by atoms with Crippen LogP contribution in [-0.2, 0) is 21.1 Å². The van der Waals surface area contributed by atoms with E-state index < -0.39 is 0 Å². The quantitative estimate of drug-likeness (QED) is 0.289. The van der Waals surface area contributed by atoms with Crippen LogP contribution in [0.3, 0.4) is 0 Å². The van der Waals surface area contributed by atoms with Crippen LogP contribution in [-0.4, -0.2) is 20.2 Å². The van der Waals surface area contributed by atoms with E-state index in [4.69, 9.17) is 9.62 Å². The number of hydrogen-bond acceptors (Lipinski definition) is 4. The summed E-state index contributed by atoms with van der Waals surface area (Å²) in [6.45, 7) is 0.427. The lowest BCUT2D eigenvalue weighted by Crippen LogP contribution is -3.61. The summed E-state index contributed by atoms with van der Waals surface area (Å²) in [7, 11) is 2.89. The fourth-order valence-corrected chi connectivity index (χ4v) is 4.27. The van der Waals surface area contributed by atoms with Crippen molar-refractivity contribution in [2.75, 3.05) is 14.2 Å². The third-order valence-corrected chi connectivity index (χ3v) is 5.28. The second-order valence-electron chi connectivity index (χ2n) is 4.16. The minimum atomic E-state index is -0.356. The average Bonchev–Trinajstić information content (AvgIpc) is 2.53. The normalized spacial score (nSPS) is 10.4. The molecular formula is C16H16IO4+. The molecule has 110 valence electrons. The Labute approximate surface area is 134 Å². The molecule has 0 saturated heterocycles. The van der Waals surface area contributed by atoms with Gasteiger partial charge in [-0.1, -0.05) is 18.2 Å². The van der Waals surface area contributed by atoms with Crippen molar-refractivity contribution in [1.29, 1.82) is 0 Å². The van der Waals surface area contributed by atoms with Crippen LogP contribution >= 0.6 is 0 Å². The van der Waals surface area contributed by atoms with Crippen LogP contribution in [0.1, 0.15) is 15.9 Å². The first-order valence-corrected chi connectivity index (χ1v) is 8.46. The molecule has 0 spiro atoms. The van der Waals surface area contributed by atoms with Crippen molar-refractivity contribution >= 4 is 5.97 Å². The first-order valence-electron chi connectivity index (χ1n) is 6.30. The highest BCUT2D eigenvalue weighted by atomic mass is 127. The zero-order chi connectivity index (χ0) is 15.1. The Morgan fingerprint density at radius 2 is 1.76 bits per heavy atom. The molecule has 0 fully saturated rings. The van der Waals surface area contributed by atoms with Crippen LogP contribution in [0.15, 0.2) is 48.5 Å². The SMILES string of the molecule is COOCc1cccc([I+]c2cccc(C(=O)OC)c2)c1. The highest BCUT2D eigenvalue weighted by molar-refractivity contribution is 5.89. The molecule has 0 unspecified atom stereocenters. The molecule has 0 aliphatic heterocycles. The van der Waals surface area contributed by atoms with Crippen molar-refractivity contribution < 1.29 is 40.5 Å². The van der Waals surface area contributed by atoms with Gasteiger partial charge < -0.3 is 4.74 Å². The Morgan fingerprint density at radius 3 is 2.48 bits per heavy atom. The molecule has 2 rings (SSSR count). The highest BCUT2D eigenvalue weighted by Crippen LogP contribution is 2.02. The highest BCUT2D eigenvalue weighted by Gasteiger charge is 2.18. The Hall–Kier alpha value is -1.44. The van der Waals surface area contributed by atoms with E-state index in [1.54, 1.807) is 6.07 Å². The molecule has 5 heteroatoms. The molecule has 0 heterocycles. The van der Waals surface area contributed by atoms with Crippen molar-refractivity contribution in [3.8, 4) is 0 Å². The second-order valence-corrected chi connectivity index (χ2v) is 7.19. The van der Waals surface area contributed by atoms with E-state index in [0.29, 0.717) is 12.2 Å². The molecule has 0 aliphatic carbocycles. The maximum atomic E-state index is 11.6. The minimum Gasteiger partial charge on any atom is -0.465 e. The largest absolute Gasteiger partial charge is 0.465 e. The van der Waals surface area contributed by atoms with Crippen molar-refractivity contribution in [2.24, 2.45) is 0 Å². The lowest BCUT2D eigenvalue weighted by Gasteiger charge is -1.99. The summed E-state index contributed by atoms with van der Waals surface area (Å²) in [5, 5.41) is 0. The van der Waals surface area contributed by atoms with Crippen molar-refractivity contribution in [3.63, 3.8) is 0 Å². The van der Waals surface area contributed by atoms with Gasteiger partial charge in [-0.3, -0.25) is 0 Å². The Morgan fingerprint density at radius 1 is 1.05 bits per heavy atom. The van der Waals surface area contributed by atoms with Crippen LogP contribution in [0.25, 0.3) is 0 Å². The molecule has 0 bridgehead atoms. The summed E-state index contributed by atoms with van der Waals surface area (Å²) in [5.41, 5.74) is 1.66. The van der Waals surface area contributed by atoms with E-state index in [1.807, 2.05) is 30.3 Å². The van der Waals surface area contributed by atoms with Crippen LogP contribution in [0.5, 0.6) is 0 Å². The molecule has 2 aromatic carbocycles. The van der Waals surface area contributed by atoms with Crippen LogP contribution < -0.4 is 21.2 Å². The molecule has 4 nitrogen and oxygen atoms in total. The van der Waals surface area contributed by atoms with Gasteiger partial charge in [-0.2, -0.15) is 0 Å². The maximum absolute atomic E-state index is 11.6. The van der Waals surface area contributed by atoms with E-state index >= 15 is 0 Å². The van der Waals surface area contributed by atoms with E-state index in [9.17, 15) is 4.79 Å². The monoisotopic (exact) mass is 399 g/mol. The molecule has 0 N–H and O–H groups in total. The van der Waals surface area contributed by atoms with E-state index in [1.165, 1.54) is 21.4 Å². The summed E-state index contributed by atoms with van der Waals surface area (Å²) in [5.74, 6) is -0.303. The van der Waals surface area contributed by atoms with Gasteiger partial charge in [-0.15, -0.1) is 0 Å². The third-order valence-electron chi connectivity index (χ3n) is 2.70. The predicted octanol–water partition coefficient (Wildman–Crippen LogP) is -0.320. The average molecular weight is 399 g/mol. The molecule has 0 atom stereocenters. The fraction of sp³-hybridized carbons (Fsp3) is 0.188. The second kappa shape index (κ2) is 8.11. The Balaban J connectivity index is 2.12. The molecule has 0 saturated carbocycles. The summed E-state index contributed by atoms with van der Waals surface area (Å²) in [6.07, 6.45) is 0. The fourth-order valence-electron chi connectivity index (χ4n) is 1.73. The Kier molecular flexibility index (Phi) is 6.16. The van der Waals surface area contributed by atoms with Gasteiger partial charge in [0.1, 0.15) is 6.61 Å². The molecule has 2 aromatic rings. The van der Waals surface area contributed by atoms with Gasteiger partial charge in [-0.05, 0) is 29.8 Å². The third kappa shape index (κ3) is 4.80. The molecule has 0 aromatic heterocycles. The zero-order valence-electron chi connectivity index (χ0n) is 11.8. The number of benzene rings is 2. The number of halogens is 1. The van der Waals surface area contributed by atoms with E-state index in [2.05, 4.69) is 17.0 Å². The number of rotatable bonds is 6. The topological polar surface area (TPSA) is 44.8 Å². The summed E-state index contributed by atoms with van der Waals surface area (Å²) >= 11 is -0.356. The van der Waals surface area contributed by atoms with Gasteiger partial charge in [0.25, 0.3) is 0 Å². The van der Waals surface area contributed by atoms with Crippen molar-refractivity contribution in [2.45, 2.75) is 6.61 Å².